The number of rotatable bonds is 2. The average molecular weight is 225 g/mol. The summed E-state index contributed by atoms with van der Waals surface area (Å²) in [4.78, 5) is 11.2. The van der Waals surface area contributed by atoms with Gasteiger partial charge in [-0.1, -0.05) is 0 Å². The third kappa shape index (κ3) is 1.88. The van der Waals surface area contributed by atoms with Crippen LogP contribution < -0.4 is 4.74 Å². The van der Waals surface area contributed by atoms with Crippen molar-refractivity contribution in [1.29, 1.82) is 0 Å². The molecule has 0 aliphatic carbocycles. The van der Waals surface area contributed by atoms with E-state index in [4.69, 9.17) is 0 Å². The summed E-state index contributed by atoms with van der Waals surface area (Å²) >= 11 is 0. The van der Waals surface area contributed by atoms with Gasteiger partial charge in [0, 0.05) is 24.6 Å². The van der Waals surface area contributed by atoms with Crippen LogP contribution in [0.4, 0.5) is 8.78 Å². The number of hydrogen-bond acceptors (Lipinski definition) is 2. The van der Waals surface area contributed by atoms with Gasteiger partial charge in [-0.3, -0.25) is 9.36 Å². The fourth-order valence-electron chi connectivity index (χ4n) is 1.56. The van der Waals surface area contributed by atoms with Gasteiger partial charge in [-0.25, -0.2) is 0 Å². The lowest BCUT2D eigenvalue weighted by molar-refractivity contribution is -0.0497. The van der Waals surface area contributed by atoms with E-state index in [1.807, 2.05) is 0 Å². The molecule has 0 saturated carbocycles. The summed E-state index contributed by atoms with van der Waals surface area (Å²) in [6.45, 7) is -1.46. The first kappa shape index (κ1) is 10.6. The van der Waals surface area contributed by atoms with Crippen molar-refractivity contribution in [3.05, 3.63) is 30.5 Å². The molecule has 2 aromatic rings. The number of alkyl halides is 2. The minimum atomic E-state index is -2.86. The molecule has 1 heterocycles. The van der Waals surface area contributed by atoms with E-state index in [-0.39, 0.29) is 11.7 Å². The lowest BCUT2D eigenvalue weighted by atomic mass is 10.2. The van der Waals surface area contributed by atoms with Gasteiger partial charge in [-0.05, 0) is 18.2 Å². The summed E-state index contributed by atoms with van der Waals surface area (Å²) in [5.41, 5.74) is 0.561. The maximum Gasteiger partial charge on any atom is 0.387 e. The molecule has 0 aliphatic heterocycles. The molecule has 0 amide bonds. The second kappa shape index (κ2) is 3.92. The Balaban J connectivity index is 2.50. The smallest absolute Gasteiger partial charge is 0.387 e. The van der Waals surface area contributed by atoms with E-state index in [2.05, 4.69) is 4.74 Å². The van der Waals surface area contributed by atoms with Crippen molar-refractivity contribution in [1.82, 2.24) is 4.57 Å². The van der Waals surface area contributed by atoms with Crippen molar-refractivity contribution in [2.75, 3.05) is 0 Å². The fourth-order valence-corrected chi connectivity index (χ4v) is 1.56. The summed E-state index contributed by atoms with van der Waals surface area (Å²) in [5, 5.41) is 0.803. The molecular weight excluding hydrogens is 216 g/mol. The largest absolute Gasteiger partial charge is 0.435 e. The summed E-state index contributed by atoms with van der Waals surface area (Å²) in [6.07, 6.45) is 1.60. The number of halogens is 2. The fraction of sp³-hybridized carbons (Fsp3) is 0.182. The first-order chi connectivity index (χ1) is 7.58. The minimum absolute atomic E-state index is 0.0451. The van der Waals surface area contributed by atoms with Crippen LogP contribution in [0.2, 0.25) is 0 Å². The second-order valence-corrected chi connectivity index (χ2v) is 3.30. The lowest BCUT2D eigenvalue weighted by Gasteiger charge is -2.05. The third-order valence-electron chi connectivity index (χ3n) is 2.23. The normalized spacial score (nSPS) is 11.0. The Hall–Kier alpha value is -1.91. The monoisotopic (exact) mass is 225 g/mol. The van der Waals surface area contributed by atoms with E-state index < -0.39 is 6.61 Å². The van der Waals surface area contributed by atoms with E-state index in [0.717, 1.165) is 5.39 Å². The number of hydrogen-bond donors (Lipinski definition) is 0. The molecule has 16 heavy (non-hydrogen) atoms. The van der Waals surface area contributed by atoms with Crippen LogP contribution in [0.5, 0.6) is 5.75 Å². The van der Waals surface area contributed by atoms with Crippen LogP contribution in [-0.2, 0) is 0 Å². The minimum Gasteiger partial charge on any atom is -0.435 e. The molecule has 3 nitrogen and oxygen atoms in total. The van der Waals surface area contributed by atoms with Crippen molar-refractivity contribution < 1.29 is 18.3 Å². The van der Waals surface area contributed by atoms with Crippen molar-refractivity contribution in [3.63, 3.8) is 0 Å². The number of ether oxygens (including phenoxy) is 1. The molecular formula is C11H9F2NO2. The molecule has 0 radical (unpaired) electrons. The molecule has 0 fully saturated rings. The lowest BCUT2D eigenvalue weighted by Crippen LogP contribution is -2.04. The van der Waals surface area contributed by atoms with Crippen LogP contribution in [0.1, 0.15) is 11.7 Å². The van der Waals surface area contributed by atoms with Gasteiger partial charge in [-0.2, -0.15) is 8.78 Å². The SMILES string of the molecule is CC(=O)n1ccc2ccc(OC(F)F)cc21. The van der Waals surface area contributed by atoms with Crippen LogP contribution in [-0.4, -0.2) is 17.1 Å². The van der Waals surface area contributed by atoms with Crippen LogP contribution >= 0.6 is 0 Å². The molecule has 1 aromatic carbocycles. The zero-order chi connectivity index (χ0) is 11.7. The van der Waals surface area contributed by atoms with Gasteiger partial charge in [0.2, 0.25) is 5.91 Å². The molecule has 0 N–H and O–H groups in total. The number of aromatic nitrogens is 1. The number of fused-ring (bicyclic) bond motifs is 1. The molecule has 0 aliphatic rings. The topological polar surface area (TPSA) is 31.2 Å². The van der Waals surface area contributed by atoms with E-state index >= 15 is 0 Å². The van der Waals surface area contributed by atoms with Crippen LogP contribution in [0.3, 0.4) is 0 Å². The van der Waals surface area contributed by atoms with Gasteiger partial charge in [0.15, 0.2) is 0 Å². The molecule has 0 atom stereocenters. The average Bonchev–Trinajstić information content (AvgIpc) is 2.59. The Kier molecular flexibility index (Phi) is 2.60. The molecule has 0 spiro atoms. The van der Waals surface area contributed by atoms with Crippen LogP contribution in [0.25, 0.3) is 10.9 Å². The molecule has 5 heteroatoms. The van der Waals surface area contributed by atoms with Gasteiger partial charge in [-0.15, -0.1) is 0 Å². The number of carbonyl (C=O) groups is 1. The van der Waals surface area contributed by atoms with Gasteiger partial charge >= 0.3 is 6.61 Å². The standard InChI is InChI=1S/C11H9F2NO2/c1-7(15)14-5-4-8-2-3-9(6-10(8)14)16-11(12)13/h2-6,11H,1H3. The summed E-state index contributed by atoms with van der Waals surface area (Å²) in [5.74, 6) is -0.132. The maximum absolute atomic E-state index is 12.0. The first-order valence-electron chi connectivity index (χ1n) is 4.65. The molecule has 0 saturated heterocycles. The van der Waals surface area contributed by atoms with Crippen molar-refractivity contribution in [2.24, 2.45) is 0 Å². The first-order valence-corrected chi connectivity index (χ1v) is 4.65. The van der Waals surface area contributed by atoms with Gasteiger partial charge < -0.3 is 4.74 Å². The Morgan fingerprint density at radius 1 is 1.38 bits per heavy atom. The highest BCUT2D eigenvalue weighted by molar-refractivity contribution is 5.92. The Morgan fingerprint density at radius 3 is 2.75 bits per heavy atom. The summed E-state index contributed by atoms with van der Waals surface area (Å²) in [6, 6.07) is 6.23. The third-order valence-corrected chi connectivity index (χ3v) is 2.23. The molecule has 84 valence electrons. The number of benzene rings is 1. The Bertz CT molecular complexity index is 534. The number of nitrogens with zero attached hydrogens (tertiary/aromatic N) is 1. The summed E-state index contributed by atoms with van der Waals surface area (Å²) in [7, 11) is 0. The van der Waals surface area contributed by atoms with Gasteiger partial charge in [0.25, 0.3) is 0 Å². The highest BCUT2D eigenvalue weighted by Gasteiger charge is 2.08. The number of carbonyl (C=O) groups excluding carboxylic acids is 1. The van der Waals surface area contributed by atoms with E-state index in [9.17, 15) is 13.6 Å². The highest BCUT2D eigenvalue weighted by atomic mass is 19.3. The zero-order valence-electron chi connectivity index (χ0n) is 8.48. The van der Waals surface area contributed by atoms with Crippen molar-refractivity contribution >= 4 is 16.8 Å². The zero-order valence-corrected chi connectivity index (χ0v) is 8.48. The Morgan fingerprint density at radius 2 is 2.12 bits per heavy atom. The predicted molar refractivity (Wildman–Crippen MR) is 54.9 cm³/mol. The van der Waals surface area contributed by atoms with E-state index in [1.54, 1.807) is 18.3 Å². The quantitative estimate of drug-likeness (QED) is 0.786. The van der Waals surface area contributed by atoms with Crippen LogP contribution in [0, 0.1) is 0 Å². The van der Waals surface area contributed by atoms with Crippen LogP contribution in [0.15, 0.2) is 30.5 Å². The Labute approximate surface area is 90.2 Å². The second-order valence-electron chi connectivity index (χ2n) is 3.30. The van der Waals surface area contributed by atoms with Gasteiger partial charge in [0.05, 0.1) is 5.52 Å². The predicted octanol–water partition coefficient (Wildman–Crippen LogP) is 2.90. The molecule has 2 rings (SSSR count). The van der Waals surface area contributed by atoms with E-state index in [0.29, 0.717) is 5.52 Å². The summed E-state index contributed by atoms with van der Waals surface area (Å²) < 4.78 is 29.7. The maximum atomic E-state index is 12.0. The van der Waals surface area contributed by atoms with Crippen molar-refractivity contribution in [2.45, 2.75) is 13.5 Å². The molecule has 1 aromatic heterocycles. The van der Waals surface area contributed by atoms with E-state index in [1.165, 1.54) is 23.6 Å². The molecule has 0 unspecified atom stereocenters. The van der Waals surface area contributed by atoms with Crippen molar-refractivity contribution in [3.8, 4) is 5.75 Å². The van der Waals surface area contributed by atoms with Gasteiger partial charge in [0.1, 0.15) is 5.75 Å². The highest BCUT2D eigenvalue weighted by Crippen LogP contribution is 2.23. The molecule has 0 bridgehead atoms.